The van der Waals surface area contributed by atoms with Gasteiger partial charge in [-0.2, -0.15) is 0 Å². The molecule has 15 atom stereocenters. The zero-order chi connectivity index (χ0) is 95.1. The minimum absolute atomic E-state index is 0.00476. The Bertz CT molecular complexity index is 4790. The van der Waals surface area contributed by atoms with Crippen LogP contribution in [0.5, 0.6) is 0 Å². The van der Waals surface area contributed by atoms with Gasteiger partial charge in [-0.3, -0.25) is 28.8 Å². The Morgan fingerprint density at radius 1 is 0.398 bits per heavy atom. The standard InChI is InChI=1S/C28H40F2O5.3C18H15S.C15H22F2O4.C15H22F2O3/c1-15(6-9-24(34)35-16(2)28(5,29)30)19-7-8-20-25-21(14-23(33)27(19,20)4)26(3)11-10-18(31)12-17(26)13-22(25)32;3*1-4-10-16(11-5-1)19(17-12-6-2-7-13-17)18-14-8-3-9-15-18;1-9(12(2,16)17)21-11(18)13-3-10-4-14(19,6-13)8-15(20,5-10)7-13;1-9(13(2,16)17)20-12(18)14-4-10-3-11(5-14)7-15(19,6-10)8-14/h15-17,19-21,25H,6-14H2,1-5H3;3*1-15H;9-10,19-20H,3-8H2,1-2H3;9-11,19H,3-8H2,1-2H3/q;3*+1;;/t15?,16?,17-,19+,20-,21-,25-,26-,27+;;;;;/m0...../s1. The molecule has 0 radical (unpaired) electrons. The lowest BCUT2D eigenvalue weighted by atomic mass is 9.44. The molecule has 0 spiro atoms. The monoisotopic (exact) mass is 1880 g/mol. The summed E-state index contributed by atoms with van der Waals surface area (Å²) in [5, 5.41) is 31.7. The van der Waals surface area contributed by atoms with Crippen LogP contribution in [0.15, 0.2) is 317 Å². The first-order valence-corrected chi connectivity index (χ1v) is 51.0. The molecule has 706 valence electrons. The lowest BCUT2D eigenvalue weighted by Crippen LogP contribution is -2.65. The Morgan fingerprint density at radius 2 is 0.714 bits per heavy atom. The van der Waals surface area contributed by atoms with Crippen LogP contribution in [0, 0.1) is 74.9 Å². The molecule has 9 aromatic rings. The van der Waals surface area contributed by atoms with Crippen molar-refractivity contribution in [2.24, 2.45) is 74.9 Å². The first-order chi connectivity index (χ1) is 63.1. The summed E-state index contributed by atoms with van der Waals surface area (Å²) >= 11 is 0. The maximum atomic E-state index is 13.8. The second kappa shape index (κ2) is 41.5. The molecule has 12 saturated carbocycles. The van der Waals surface area contributed by atoms with Crippen molar-refractivity contribution in [3.05, 3.63) is 273 Å². The Morgan fingerprint density at radius 3 is 1.05 bits per heavy atom. The molecule has 9 aromatic carbocycles. The highest BCUT2D eigenvalue weighted by molar-refractivity contribution is 7.97. The minimum Gasteiger partial charge on any atom is -0.456 e. The van der Waals surface area contributed by atoms with Crippen LogP contribution < -0.4 is 0 Å². The Kier molecular flexibility index (Phi) is 31.1. The molecule has 12 aliphatic carbocycles. The largest absolute Gasteiger partial charge is 0.456 e. The van der Waals surface area contributed by atoms with Crippen molar-refractivity contribution in [2.45, 2.75) is 294 Å². The molecule has 133 heavy (non-hydrogen) atoms. The fourth-order valence-electron chi connectivity index (χ4n) is 24.3. The van der Waals surface area contributed by atoms with Gasteiger partial charge in [0, 0.05) is 70.6 Å². The van der Waals surface area contributed by atoms with E-state index in [1.807, 2.05) is 13.8 Å². The van der Waals surface area contributed by atoms with E-state index in [9.17, 15) is 70.4 Å². The molecule has 21 heteroatoms. The van der Waals surface area contributed by atoms with E-state index in [-0.39, 0.29) is 123 Å². The maximum absolute atomic E-state index is 13.8. The fraction of sp³-hybridized carbons (Fsp3) is 0.464. The topological polar surface area (TPSA) is 191 Å². The van der Waals surface area contributed by atoms with Crippen molar-refractivity contribution in [1.29, 1.82) is 0 Å². The summed E-state index contributed by atoms with van der Waals surface area (Å²) in [6.45, 7) is 12.0. The molecule has 8 unspecified atom stereocenters. The van der Waals surface area contributed by atoms with Crippen molar-refractivity contribution in [3.63, 3.8) is 0 Å². The van der Waals surface area contributed by atoms with E-state index in [4.69, 9.17) is 14.2 Å². The third kappa shape index (κ3) is 23.3. The van der Waals surface area contributed by atoms with Gasteiger partial charge >= 0.3 is 17.9 Å². The van der Waals surface area contributed by atoms with Crippen LogP contribution in [-0.2, 0) is 75.7 Å². The number of hydrogen-bond donors (Lipinski definition) is 3. The molecular weight excluding hydrogens is 1750 g/mol. The molecule has 8 bridgehead atoms. The number of esters is 3. The number of rotatable bonds is 21. The van der Waals surface area contributed by atoms with E-state index >= 15 is 0 Å². The van der Waals surface area contributed by atoms with Gasteiger partial charge in [-0.25, -0.2) is 26.3 Å². The number of Topliss-reactive ketones (excluding diaryl/α,β-unsaturated/α-hetero) is 3. The Balaban J connectivity index is 0.000000130. The van der Waals surface area contributed by atoms with Gasteiger partial charge in [0.1, 0.15) is 17.3 Å². The molecule has 0 aromatic heterocycles. The van der Waals surface area contributed by atoms with Crippen molar-refractivity contribution >= 4 is 67.9 Å². The molecule has 0 aliphatic heterocycles. The average Bonchev–Trinajstić information content (AvgIpc) is 1.65. The van der Waals surface area contributed by atoms with Crippen molar-refractivity contribution in [3.8, 4) is 0 Å². The predicted molar refractivity (Wildman–Crippen MR) is 508 cm³/mol. The van der Waals surface area contributed by atoms with Gasteiger partial charge in [-0.1, -0.05) is 185 Å². The van der Waals surface area contributed by atoms with E-state index in [2.05, 4.69) is 280 Å². The number of halogens is 6. The van der Waals surface area contributed by atoms with Gasteiger partial charge < -0.3 is 29.5 Å². The van der Waals surface area contributed by atoms with Crippen LogP contribution in [-0.4, -0.2) is 103 Å². The van der Waals surface area contributed by atoms with Gasteiger partial charge in [-0.15, -0.1) is 0 Å². The van der Waals surface area contributed by atoms with E-state index in [1.165, 1.54) is 64.8 Å². The zero-order valence-corrected chi connectivity index (χ0v) is 80.2. The van der Waals surface area contributed by atoms with Crippen LogP contribution in [0.3, 0.4) is 0 Å². The van der Waals surface area contributed by atoms with Crippen molar-refractivity contribution < 1.29 is 84.6 Å². The Labute approximate surface area is 789 Å². The molecule has 12 aliphatic rings. The average molecular weight is 1880 g/mol. The first kappa shape index (κ1) is 99.9. The summed E-state index contributed by atoms with van der Waals surface area (Å²) in [6, 6.07) is 96.5. The number of carbonyl (C=O) groups is 6. The van der Waals surface area contributed by atoms with E-state index in [0.717, 1.165) is 52.4 Å². The molecule has 0 amide bonds. The minimum atomic E-state index is -3.11. The SMILES string of the molecule is CC(CCC(=O)OC(C)C(C)(F)F)[C@H]1CC[C@H]2[C@@H]3C(=O)C[C@@H]4CC(=O)CC[C@]4(C)[C@H]3CC(=O)[C@]12C.CC(OC(=O)C12CC3CC(CC(O)(C3)C1)C2)C(C)(F)F.CC(OC(=O)C12CC3CC(O)(CC(O)(C3)C1)C2)C(C)(F)F.c1ccc([S+](c2ccccc2)c2ccccc2)cc1.c1ccc([S+](c2ccccc2)c2ccccc2)cc1.c1ccc([S+](c2ccccc2)c2ccccc2)cc1. The van der Waals surface area contributed by atoms with Crippen molar-refractivity contribution in [2.75, 3.05) is 0 Å². The van der Waals surface area contributed by atoms with Crippen LogP contribution in [0.1, 0.15) is 197 Å². The van der Waals surface area contributed by atoms with Gasteiger partial charge in [0.05, 0.1) is 60.3 Å². The van der Waals surface area contributed by atoms with Gasteiger partial charge in [0.2, 0.25) is 0 Å². The highest BCUT2D eigenvalue weighted by atomic mass is 32.2. The number of benzene rings is 9. The number of fused-ring (bicyclic) bond motifs is 5. The maximum Gasteiger partial charge on any atom is 0.312 e. The molecular formula is C112H129F6O12S3+3. The summed E-state index contributed by atoms with van der Waals surface area (Å²) in [6.07, 6.45) is 6.96. The molecule has 12 fully saturated rings. The van der Waals surface area contributed by atoms with Gasteiger partial charge in [0.25, 0.3) is 17.8 Å². The Hall–Kier alpha value is -9.09. The van der Waals surface area contributed by atoms with Crippen LogP contribution in [0.4, 0.5) is 26.3 Å². The van der Waals surface area contributed by atoms with E-state index in [0.29, 0.717) is 89.4 Å². The first-order valence-electron chi connectivity index (χ1n) is 47.3. The third-order valence-corrected chi connectivity index (χ3v) is 37.1. The number of carbonyl (C=O) groups excluding carboxylic acids is 6. The number of ether oxygens (including phenoxy) is 3. The summed E-state index contributed by atoms with van der Waals surface area (Å²) in [5.41, 5.74) is -5.40. The van der Waals surface area contributed by atoms with Crippen LogP contribution in [0.2, 0.25) is 0 Å². The number of alkyl halides is 6. The van der Waals surface area contributed by atoms with Gasteiger partial charge in [0.15, 0.2) is 62.4 Å². The number of ketones is 3. The highest BCUT2D eigenvalue weighted by Crippen LogP contribution is 2.68. The van der Waals surface area contributed by atoms with Crippen LogP contribution in [0.25, 0.3) is 0 Å². The quantitative estimate of drug-likeness (QED) is 0.0267. The summed E-state index contributed by atoms with van der Waals surface area (Å²) in [7, 11) is -0.0439. The third-order valence-electron chi connectivity index (χ3n) is 30.4. The smallest absolute Gasteiger partial charge is 0.312 e. The molecule has 0 saturated heterocycles. The normalized spacial score (nSPS) is 29.3. The lowest BCUT2D eigenvalue weighted by molar-refractivity contribution is -0.243. The summed E-state index contributed by atoms with van der Waals surface area (Å²) in [4.78, 5) is 88.7. The lowest BCUT2D eigenvalue weighted by Gasteiger charge is -2.62. The second-order valence-electron chi connectivity index (χ2n) is 40.5. The number of hydrogen-bond acceptors (Lipinski definition) is 12. The van der Waals surface area contributed by atoms with Crippen molar-refractivity contribution in [1.82, 2.24) is 0 Å². The zero-order valence-electron chi connectivity index (χ0n) is 77.8. The highest BCUT2D eigenvalue weighted by Gasteiger charge is 2.69. The molecule has 21 rings (SSSR count). The molecule has 3 N–H and O–H groups in total. The summed E-state index contributed by atoms with van der Waals surface area (Å²) in [5.74, 6) is -9.70. The van der Waals surface area contributed by atoms with Crippen LogP contribution >= 0.6 is 0 Å². The second-order valence-corrected chi connectivity index (χ2v) is 46.6. The van der Waals surface area contributed by atoms with Gasteiger partial charge in [-0.05, 0) is 279 Å². The van der Waals surface area contributed by atoms with E-state index in [1.54, 1.807) is 0 Å². The molecule has 0 heterocycles. The molecule has 12 nitrogen and oxygen atoms in total. The summed E-state index contributed by atoms with van der Waals surface area (Å²) < 4.78 is 94.5. The predicted octanol–water partition coefficient (Wildman–Crippen LogP) is 24.8. The van der Waals surface area contributed by atoms with E-state index < -0.39 is 87.0 Å². The number of aliphatic hydroxyl groups is 3. The fourth-order valence-corrected chi connectivity index (χ4v) is 30.6.